The summed E-state index contributed by atoms with van der Waals surface area (Å²) in [6.45, 7) is 4.65. The van der Waals surface area contributed by atoms with Crippen molar-refractivity contribution < 1.29 is 5.11 Å². The molecule has 0 bridgehead atoms. The number of nitrogens with zero attached hydrogens (tertiary/aromatic N) is 3. The van der Waals surface area contributed by atoms with Crippen molar-refractivity contribution in [1.29, 1.82) is 5.26 Å². The van der Waals surface area contributed by atoms with Crippen LogP contribution in [-0.2, 0) is 6.42 Å². The third-order valence-electron chi connectivity index (χ3n) is 9.97. The molecule has 4 nitrogen and oxygen atoms in total. The van der Waals surface area contributed by atoms with Gasteiger partial charge in [-0.3, -0.25) is 0 Å². The Morgan fingerprint density at radius 2 is 1.90 bits per heavy atom. The summed E-state index contributed by atoms with van der Waals surface area (Å²) < 4.78 is 0. The van der Waals surface area contributed by atoms with Crippen LogP contribution in [-0.4, -0.2) is 20.7 Å². The molecule has 0 saturated heterocycles. The zero-order chi connectivity index (χ0) is 20.9. The molecule has 1 aromatic rings. The summed E-state index contributed by atoms with van der Waals surface area (Å²) in [6, 6.07) is 3.83. The summed E-state index contributed by atoms with van der Waals surface area (Å²) in [7, 11) is 0. The fourth-order valence-electron chi connectivity index (χ4n) is 8.55. The molecule has 0 unspecified atom stereocenters. The fourth-order valence-corrected chi connectivity index (χ4v) is 8.55. The minimum absolute atomic E-state index is 0.416. The average Bonchev–Trinajstić information content (AvgIpc) is 3.07. The zero-order valence-electron chi connectivity index (χ0n) is 18.7. The Morgan fingerprint density at radius 3 is 2.73 bits per heavy atom. The summed E-state index contributed by atoms with van der Waals surface area (Å²) in [5.41, 5.74) is 0.543. The molecule has 162 valence electrons. The highest BCUT2D eigenvalue weighted by molar-refractivity contribution is 5.18. The minimum atomic E-state index is -0.416. The van der Waals surface area contributed by atoms with Crippen LogP contribution in [0.4, 0.5) is 0 Å². The van der Waals surface area contributed by atoms with E-state index in [0.29, 0.717) is 11.1 Å². The van der Waals surface area contributed by atoms with E-state index in [-0.39, 0.29) is 0 Å². The van der Waals surface area contributed by atoms with Crippen molar-refractivity contribution in [2.45, 2.75) is 90.1 Å². The Hall–Kier alpha value is -1.47. The lowest BCUT2D eigenvalue weighted by atomic mass is 9.49. The van der Waals surface area contributed by atoms with Crippen LogP contribution < -0.4 is 0 Å². The van der Waals surface area contributed by atoms with Gasteiger partial charge in [0.1, 0.15) is 17.6 Å². The van der Waals surface area contributed by atoms with E-state index >= 15 is 0 Å². The van der Waals surface area contributed by atoms with Crippen LogP contribution in [0.1, 0.15) is 89.6 Å². The highest BCUT2D eigenvalue weighted by Gasteiger charge is 2.57. The molecule has 4 fully saturated rings. The number of aliphatic hydroxyl groups is 1. The maximum Gasteiger partial charge on any atom is 0.144 e. The second kappa shape index (κ2) is 7.59. The second-order valence-electron chi connectivity index (χ2n) is 11.5. The molecule has 5 rings (SSSR count). The van der Waals surface area contributed by atoms with Gasteiger partial charge in [-0.1, -0.05) is 6.92 Å². The van der Waals surface area contributed by atoms with Gasteiger partial charge in [0.25, 0.3) is 0 Å². The Labute approximate surface area is 181 Å². The van der Waals surface area contributed by atoms with E-state index in [4.69, 9.17) is 5.26 Å². The van der Waals surface area contributed by atoms with Crippen LogP contribution >= 0.6 is 0 Å². The molecule has 4 aliphatic rings. The van der Waals surface area contributed by atoms with Crippen molar-refractivity contribution in [2.75, 3.05) is 0 Å². The van der Waals surface area contributed by atoms with E-state index in [0.717, 1.165) is 67.0 Å². The molecule has 1 aromatic heterocycles. The molecule has 1 heterocycles. The number of hydrogen-bond donors (Lipinski definition) is 1. The van der Waals surface area contributed by atoms with Gasteiger partial charge in [0, 0.05) is 12.6 Å². The number of aryl methyl sites for hydroxylation is 1. The number of fused-ring (bicyclic) bond motifs is 5. The molecule has 0 radical (unpaired) electrons. The van der Waals surface area contributed by atoms with E-state index in [1.54, 1.807) is 12.3 Å². The molecular weight excluding hydrogens is 370 g/mol. The molecule has 0 aliphatic heterocycles. The van der Waals surface area contributed by atoms with Crippen LogP contribution in [0.25, 0.3) is 0 Å². The molecule has 30 heavy (non-hydrogen) atoms. The third-order valence-corrected chi connectivity index (χ3v) is 9.97. The summed E-state index contributed by atoms with van der Waals surface area (Å²) >= 11 is 0. The minimum Gasteiger partial charge on any atom is -0.390 e. The maximum absolute atomic E-state index is 10.6. The van der Waals surface area contributed by atoms with Crippen molar-refractivity contribution in [3.05, 3.63) is 23.8 Å². The van der Waals surface area contributed by atoms with Crippen molar-refractivity contribution >= 4 is 0 Å². The Morgan fingerprint density at radius 1 is 1.07 bits per heavy atom. The first-order chi connectivity index (χ1) is 14.4. The van der Waals surface area contributed by atoms with Gasteiger partial charge >= 0.3 is 0 Å². The van der Waals surface area contributed by atoms with Gasteiger partial charge in [-0.05, 0) is 118 Å². The second-order valence-corrected chi connectivity index (χ2v) is 11.5. The van der Waals surface area contributed by atoms with Crippen molar-refractivity contribution in [3.63, 3.8) is 0 Å². The smallest absolute Gasteiger partial charge is 0.144 e. The van der Waals surface area contributed by atoms with Crippen LogP contribution in [0.5, 0.6) is 0 Å². The van der Waals surface area contributed by atoms with Gasteiger partial charge in [-0.15, -0.1) is 0 Å². The molecule has 4 heteroatoms. The highest BCUT2D eigenvalue weighted by atomic mass is 16.3. The topological polar surface area (TPSA) is 69.8 Å². The van der Waals surface area contributed by atoms with Gasteiger partial charge in [-0.25, -0.2) is 9.97 Å². The van der Waals surface area contributed by atoms with E-state index < -0.39 is 5.60 Å². The van der Waals surface area contributed by atoms with Crippen molar-refractivity contribution in [3.8, 4) is 6.07 Å². The molecule has 8 atom stereocenters. The Balaban J connectivity index is 1.27. The first kappa shape index (κ1) is 20.4. The van der Waals surface area contributed by atoms with Gasteiger partial charge in [-0.2, -0.15) is 5.26 Å². The van der Waals surface area contributed by atoms with E-state index in [2.05, 4.69) is 29.9 Å². The SMILES string of the molecule is C[C@@]1(O)CC[C@H]2[C@H](CC[C@@H]3[C@@H]2CC[C@]2(C)[C@@H](CCc4nccc(C#N)n4)CC[C@@H]32)C1. The molecular formula is C26H37N3O. The maximum atomic E-state index is 10.6. The monoisotopic (exact) mass is 407 g/mol. The number of hydrogen-bond acceptors (Lipinski definition) is 4. The lowest BCUT2D eigenvalue weighted by molar-refractivity contribution is -0.0999. The highest BCUT2D eigenvalue weighted by Crippen LogP contribution is 2.65. The van der Waals surface area contributed by atoms with Gasteiger partial charge in [0.15, 0.2) is 0 Å². The number of nitriles is 1. The zero-order valence-corrected chi connectivity index (χ0v) is 18.7. The van der Waals surface area contributed by atoms with Crippen LogP contribution in [0.15, 0.2) is 12.3 Å². The van der Waals surface area contributed by atoms with Gasteiger partial charge in [0.05, 0.1) is 5.60 Å². The summed E-state index contributed by atoms with van der Waals surface area (Å²) in [5, 5.41) is 19.7. The Kier molecular flexibility index (Phi) is 5.17. The van der Waals surface area contributed by atoms with Crippen molar-refractivity contribution in [1.82, 2.24) is 9.97 Å². The molecule has 4 aliphatic carbocycles. The van der Waals surface area contributed by atoms with Gasteiger partial charge in [0.2, 0.25) is 0 Å². The lowest BCUT2D eigenvalue weighted by Gasteiger charge is -2.57. The van der Waals surface area contributed by atoms with Crippen LogP contribution in [0.3, 0.4) is 0 Å². The Bertz CT molecular complexity index is 830. The van der Waals surface area contributed by atoms with Crippen molar-refractivity contribution in [2.24, 2.45) is 40.9 Å². The predicted octanol–water partition coefficient (Wildman–Crippen LogP) is 5.30. The van der Waals surface area contributed by atoms with E-state index in [1.807, 2.05) is 0 Å². The van der Waals surface area contributed by atoms with Crippen LogP contribution in [0, 0.1) is 52.3 Å². The van der Waals surface area contributed by atoms with Crippen LogP contribution in [0.2, 0.25) is 0 Å². The van der Waals surface area contributed by atoms with Gasteiger partial charge < -0.3 is 5.11 Å². The predicted molar refractivity (Wildman–Crippen MR) is 116 cm³/mol. The molecule has 0 amide bonds. The molecule has 0 aromatic carbocycles. The molecule has 0 spiro atoms. The van der Waals surface area contributed by atoms with E-state index in [1.165, 1.54) is 44.9 Å². The molecule has 4 saturated carbocycles. The summed E-state index contributed by atoms with van der Waals surface area (Å²) in [5.74, 6) is 5.95. The fraction of sp³-hybridized carbons (Fsp3) is 0.808. The van der Waals surface area contributed by atoms with E-state index in [9.17, 15) is 5.11 Å². The third kappa shape index (κ3) is 3.48. The largest absolute Gasteiger partial charge is 0.390 e. The summed E-state index contributed by atoms with van der Waals surface area (Å²) in [4.78, 5) is 8.82. The normalized spacial score (nSPS) is 45.1. The lowest BCUT2D eigenvalue weighted by Crippen LogP contribution is -2.50. The standard InChI is InChI=1S/C26H37N3O/c1-25(30)12-9-20-17(15-25)3-6-22-21(20)10-13-26(2)18(4-7-23(22)26)5-8-24-28-14-11-19(16-27)29-24/h11,14,17-18,20-23,30H,3-10,12-13,15H2,1-2H3/t17-,18-,20+,21-,22-,23+,25-,26-/m1/s1. The number of aromatic nitrogens is 2. The summed E-state index contributed by atoms with van der Waals surface area (Å²) in [6.07, 6.45) is 15.3. The first-order valence-electron chi connectivity index (χ1n) is 12.3. The quantitative estimate of drug-likeness (QED) is 0.738. The molecule has 1 N–H and O–H groups in total. The first-order valence-corrected chi connectivity index (χ1v) is 12.3. The number of rotatable bonds is 3. The average molecular weight is 408 g/mol.